The minimum Gasteiger partial charge on any atom is -0.475 e. The molecule has 0 fully saturated rings. The van der Waals surface area contributed by atoms with Crippen molar-refractivity contribution in [1.82, 2.24) is 0 Å². The van der Waals surface area contributed by atoms with Gasteiger partial charge in [0.05, 0.1) is 0 Å². The predicted molar refractivity (Wildman–Crippen MR) is 76.8 cm³/mol. The Morgan fingerprint density at radius 1 is 1.23 bits per heavy atom. The van der Waals surface area contributed by atoms with Crippen molar-refractivity contribution in [3.05, 3.63) is 30.3 Å². The molecule has 0 aliphatic carbocycles. The summed E-state index contributed by atoms with van der Waals surface area (Å²) < 4.78 is 36.2. The molecule has 0 saturated carbocycles. The van der Waals surface area contributed by atoms with Crippen LogP contribution in [-0.4, -0.2) is 34.0 Å². The highest BCUT2D eigenvalue weighted by Crippen LogP contribution is 2.18. The van der Waals surface area contributed by atoms with Crippen molar-refractivity contribution in [3.63, 3.8) is 0 Å². The smallest absolute Gasteiger partial charge is 0.475 e. The van der Waals surface area contributed by atoms with Crippen LogP contribution in [0.1, 0.15) is 13.8 Å². The number of carbonyl (C=O) groups excluding carboxylic acids is 1. The van der Waals surface area contributed by atoms with Crippen molar-refractivity contribution in [2.24, 2.45) is 5.73 Å². The van der Waals surface area contributed by atoms with Gasteiger partial charge in [-0.05, 0) is 26.0 Å². The van der Waals surface area contributed by atoms with Gasteiger partial charge in [-0.2, -0.15) is 25.8 Å². The van der Waals surface area contributed by atoms with Crippen molar-refractivity contribution in [2.45, 2.75) is 30.8 Å². The highest BCUT2D eigenvalue weighted by Gasteiger charge is 2.38. The number of rotatable bonds is 3. The van der Waals surface area contributed by atoms with Gasteiger partial charge in [0.1, 0.15) is 11.8 Å². The zero-order chi connectivity index (χ0) is 17.6. The van der Waals surface area contributed by atoms with Crippen LogP contribution in [0.3, 0.4) is 0 Å². The summed E-state index contributed by atoms with van der Waals surface area (Å²) >= 11 is 4.23. The van der Waals surface area contributed by atoms with Crippen LogP contribution in [0.25, 0.3) is 0 Å². The zero-order valence-electron chi connectivity index (χ0n) is 11.8. The van der Waals surface area contributed by atoms with Crippen molar-refractivity contribution in [3.8, 4) is 5.75 Å². The Hall–Kier alpha value is -1.74. The maximum absolute atomic E-state index is 11.6. The first-order valence-electron chi connectivity index (χ1n) is 5.90. The third kappa shape index (κ3) is 7.89. The molecule has 0 aliphatic rings. The molecule has 0 radical (unpaired) electrons. The molecule has 1 atom stereocenters. The van der Waals surface area contributed by atoms with Crippen molar-refractivity contribution in [2.75, 3.05) is 0 Å². The molecule has 0 amide bonds. The number of alkyl halides is 3. The summed E-state index contributed by atoms with van der Waals surface area (Å²) in [5.74, 6) is -2.73. The number of hydrogen-bond donors (Lipinski definition) is 3. The summed E-state index contributed by atoms with van der Waals surface area (Å²) in [7, 11) is 0. The molecule has 0 aromatic heterocycles. The number of thiol groups is 1. The van der Waals surface area contributed by atoms with Gasteiger partial charge < -0.3 is 15.6 Å². The Kier molecular flexibility index (Phi) is 7.41. The summed E-state index contributed by atoms with van der Waals surface area (Å²) in [6, 6.07) is 8.09. The Balaban J connectivity index is 0.000000534. The fraction of sp³-hybridized carbons (Fsp3) is 0.385. The molecule has 124 valence electrons. The molecule has 5 nitrogen and oxygen atoms in total. The molecule has 0 bridgehead atoms. The Bertz CT molecular complexity index is 500. The van der Waals surface area contributed by atoms with E-state index < -0.39 is 28.9 Å². The number of carbonyl (C=O) groups is 2. The standard InChI is InChI=1S/C11H15NO2S.C2HF3O2/c1-11(2,15)9(12)10(13)14-8-6-4-3-5-7-8;3-2(4,5)1(6)7/h3-7,9,15H,12H2,1-2H3;(H,6,7)/t9-;/m0./s1. The molecule has 9 heteroatoms. The fourth-order valence-electron chi connectivity index (χ4n) is 0.957. The van der Waals surface area contributed by atoms with Crippen LogP contribution in [0.15, 0.2) is 30.3 Å². The van der Waals surface area contributed by atoms with E-state index in [1.165, 1.54) is 0 Å². The number of carboxylic acids is 1. The maximum Gasteiger partial charge on any atom is 0.490 e. The highest BCUT2D eigenvalue weighted by molar-refractivity contribution is 7.81. The van der Waals surface area contributed by atoms with E-state index in [0.717, 1.165) is 0 Å². The van der Waals surface area contributed by atoms with E-state index in [1.807, 2.05) is 6.07 Å². The minimum atomic E-state index is -5.08. The molecular formula is C13H16F3NO4S. The lowest BCUT2D eigenvalue weighted by atomic mass is 10.0. The normalized spacial score (nSPS) is 12.7. The van der Waals surface area contributed by atoms with Gasteiger partial charge in [0.25, 0.3) is 0 Å². The number of halogens is 3. The molecule has 1 rings (SSSR count). The summed E-state index contributed by atoms with van der Waals surface area (Å²) in [5.41, 5.74) is 5.69. The molecule has 3 N–H and O–H groups in total. The Morgan fingerprint density at radius 2 is 1.64 bits per heavy atom. The number of aliphatic carboxylic acids is 1. The van der Waals surface area contributed by atoms with Crippen molar-refractivity contribution >= 4 is 24.6 Å². The van der Waals surface area contributed by atoms with Gasteiger partial charge in [-0.1, -0.05) is 18.2 Å². The van der Waals surface area contributed by atoms with E-state index in [-0.39, 0.29) is 0 Å². The number of ether oxygens (including phenoxy) is 1. The lowest BCUT2D eigenvalue weighted by Crippen LogP contribution is -2.47. The molecule has 0 heterocycles. The molecule has 1 aromatic rings. The van der Waals surface area contributed by atoms with Crippen LogP contribution in [0, 0.1) is 0 Å². The summed E-state index contributed by atoms with van der Waals surface area (Å²) in [4.78, 5) is 20.5. The van der Waals surface area contributed by atoms with Crippen LogP contribution in [-0.2, 0) is 9.59 Å². The monoisotopic (exact) mass is 339 g/mol. The molecule has 1 aromatic carbocycles. The third-order valence-corrected chi connectivity index (χ3v) is 2.50. The summed E-state index contributed by atoms with van der Waals surface area (Å²) in [6.45, 7) is 3.54. The highest BCUT2D eigenvalue weighted by atomic mass is 32.1. The topological polar surface area (TPSA) is 89.6 Å². The minimum absolute atomic E-state index is 0.471. The fourth-order valence-corrected chi connectivity index (χ4v) is 1.06. The lowest BCUT2D eigenvalue weighted by Gasteiger charge is -2.23. The SMILES string of the molecule is CC(C)(S)[C@@H](N)C(=O)Oc1ccccc1.O=C(O)C(F)(F)F. The van der Waals surface area contributed by atoms with Crippen LogP contribution < -0.4 is 10.5 Å². The lowest BCUT2D eigenvalue weighted by molar-refractivity contribution is -0.192. The predicted octanol–water partition coefficient (Wildman–Crippen LogP) is 2.26. The van der Waals surface area contributed by atoms with Crippen LogP contribution in [0.2, 0.25) is 0 Å². The number of nitrogens with two attached hydrogens (primary N) is 1. The third-order valence-electron chi connectivity index (χ3n) is 2.22. The van der Waals surface area contributed by atoms with Gasteiger partial charge >= 0.3 is 18.1 Å². The molecule has 0 spiro atoms. The summed E-state index contributed by atoms with van der Waals surface area (Å²) in [6.07, 6.45) is -5.08. The van der Waals surface area contributed by atoms with Crippen molar-refractivity contribution in [1.29, 1.82) is 0 Å². The van der Waals surface area contributed by atoms with Gasteiger partial charge in [0.2, 0.25) is 0 Å². The molecule has 22 heavy (non-hydrogen) atoms. The molecule has 0 saturated heterocycles. The first-order chi connectivity index (χ1) is 9.85. The second-order valence-electron chi connectivity index (χ2n) is 4.67. The van der Waals surface area contributed by atoms with Gasteiger partial charge in [-0.15, -0.1) is 0 Å². The van der Waals surface area contributed by atoms with E-state index >= 15 is 0 Å². The average Bonchev–Trinajstić information content (AvgIpc) is 2.37. The van der Waals surface area contributed by atoms with Crippen LogP contribution >= 0.6 is 12.6 Å². The van der Waals surface area contributed by atoms with Gasteiger partial charge in [-0.3, -0.25) is 0 Å². The quantitative estimate of drug-likeness (QED) is 0.446. The number of benzene rings is 1. The molecular weight excluding hydrogens is 323 g/mol. The van der Waals surface area contributed by atoms with E-state index in [1.54, 1.807) is 38.1 Å². The van der Waals surface area contributed by atoms with Crippen molar-refractivity contribution < 1.29 is 32.6 Å². The summed E-state index contributed by atoms with van der Waals surface area (Å²) in [5, 5.41) is 7.12. The Labute approximate surface area is 130 Å². The maximum atomic E-state index is 11.6. The number of carboxylic acid groups (broad SMARTS) is 1. The second kappa shape index (κ2) is 8.04. The average molecular weight is 339 g/mol. The van der Waals surface area contributed by atoms with Gasteiger partial charge in [-0.25, -0.2) is 9.59 Å². The molecule has 0 aliphatic heterocycles. The van der Waals surface area contributed by atoms with Gasteiger partial charge in [0, 0.05) is 4.75 Å². The van der Waals surface area contributed by atoms with Crippen LogP contribution in [0.4, 0.5) is 13.2 Å². The second-order valence-corrected chi connectivity index (χ2v) is 5.82. The van der Waals surface area contributed by atoms with Crippen LogP contribution in [0.5, 0.6) is 5.75 Å². The van der Waals surface area contributed by atoms with E-state index in [9.17, 15) is 18.0 Å². The molecule has 0 unspecified atom stereocenters. The number of para-hydroxylation sites is 1. The number of esters is 1. The largest absolute Gasteiger partial charge is 0.490 e. The first-order valence-corrected chi connectivity index (χ1v) is 6.35. The first kappa shape index (κ1) is 20.3. The van der Waals surface area contributed by atoms with E-state index in [2.05, 4.69) is 12.6 Å². The van der Waals surface area contributed by atoms with E-state index in [0.29, 0.717) is 5.75 Å². The van der Waals surface area contributed by atoms with E-state index in [4.69, 9.17) is 20.4 Å². The number of hydrogen-bond acceptors (Lipinski definition) is 5. The zero-order valence-corrected chi connectivity index (χ0v) is 12.7. The van der Waals surface area contributed by atoms with Gasteiger partial charge in [0.15, 0.2) is 0 Å². The Morgan fingerprint density at radius 3 is 1.95 bits per heavy atom.